The second-order valence-electron chi connectivity index (χ2n) is 5.73. The minimum Gasteiger partial charge on any atom is -0.314 e. The van der Waals surface area contributed by atoms with Gasteiger partial charge in [-0.15, -0.1) is 0 Å². The fourth-order valence-electron chi connectivity index (χ4n) is 2.26. The lowest BCUT2D eigenvalue weighted by molar-refractivity contribution is 0.231. The lowest BCUT2D eigenvalue weighted by Gasteiger charge is -2.25. The van der Waals surface area contributed by atoms with Gasteiger partial charge in [-0.1, -0.05) is 18.2 Å². The van der Waals surface area contributed by atoms with Crippen LogP contribution in [0.25, 0.3) is 0 Å². The maximum Gasteiger partial charge on any atom is 0.127 e. The van der Waals surface area contributed by atoms with Crippen molar-refractivity contribution in [1.82, 2.24) is 10.2 Å². The molecule has 0 heterocycles. The SMILES string of the molecule is CC(CCCNC1CC1)N(C)Cc1ccccc1F. The van der Waals surface area contributed by atoms with Gasteiger partial charge in [0, 0.05) is 24.2 Å². The first-order chi connectivity index (χ1) is 9.16. The fraction of sp³-hybridized carbons (Fsp3) is 0.625. The quantitative estimate of drug-likeness (QED) is 0.725. The molecule has 1 aliphatic rings. The van der Waals surface area contributed by atoms with Gasteiger partial charge in [-0.25, -0.2) is 4.39 Å². The number of nitrogens with zero attached hydrogens (tertiary/aromatic N) is 1. The topological polar surface area (TPSA) is 15.3 Å². The van der Waals surface area contributed by atoms with Crippen molar-refractivity contribution in [3.63, 3.8) is 0 Å². The van der Waals surface area contributed by atoms with Crippen molar-refractivity contribution in [2.45, 2.75) is 51.2 Å². The van der Waals surface area contributed by atoms with Crippen LogP contribution in [0.3, 0.4) is 0 Å². The standard InChI is InChI=1S/C16H25FN2/c1-13(6-5-11-18-15-9-10-15)19(2)12-14-7-3-4-8-16(14)17/h3-4,7-8,13,15,18H,5-6,9-12H2,1-2H3. The summed E-state index contributed by atoms with van der Waals surface area (Å²) in [4.78, 5) is 2.23. The molecule has 2 nitrogen and oxygen atoms in total. The van der Waals surface area contributed by atoms with E-state index in [9.17, 15) is 4.39 Å². The summed E-state index contributed by atoms with van der Waals surface area (Å²) in [5.41, 5.74) is 0.785. The van der Waals surface area contributed by atoms with E-state index in [0.717, 1.165) is 24.6 Å². The van der Waals surface area contributed by atoms with Gasteiger partial charge in [0.1, 0.15) is 5.82 Å². The minimum absolute atomic E-state index is 0.100. The summed E-state index contributed by atoms with van der Waals surface area (Å²) < 4.78 is 13.6. The Balaban J connectivity index is 1.69. The van der Waals surface area contributed by atoms with E-state index < -0.39 is 0 Å². The van der Waals surface area contributed by atoms with E-state index in [1.165, 1.54) is 25.3 Å². The molecule has 1 unspecified atom stereocenters. The van der Waals surface area contributed by atoms with Crippen molar-refractivity contribution in [3.05, 3.63) is 35.6 Å². The van der Waals surface area contributed by atoms with E-state index in [0.29, 0.717) is 12.6 Å². The van der Waals surface area contributed by atoms with Crippen LogP contribution in [0.1, 0.15) is 38.2 Å². The van der Waals surface area contributed by atoms with Gasteiger partial charge in [-0.2, -0.15) is 0 Å². The second kappa shape index (κ2) is 7.01. The molecular weight excluding hydrogens is 239 g/mol. The fourth-order valence-corrected chi connectivity index (χ4v) is 2.26. The summed E-state index contributed by atoms with van der Waals surface area (Å²) in [5.74, 6) is -0.100. The van der Waals surface area contributed by atoms with Gasteiger partial charge in [-0.05, 0) is 52.3 Å². The monoisotopic (exact) mass is 264 g/mol. The zero-order valence-corrected chi connectivity index (χ0v) is 12.0. The maximum atomic E-state index is 13.6. The Kier molecular flexibility index (Phi) is 5.34. The van der Waals surface area contributed by atoms with Crippen LogP contribution in [-0.2, 0) is 6.54 Å². The normalized spacial score (nSPS) is 16.8. The third-order valence-electron chi connectivity index (χ3n) is 3.94. The Morgan fingerprint density at radius 3 is 2.79 bits per heavy atom. The molecule has 1 aliphatic carbocycles. The van der Waals surface area contributed by atoms with Crippen molar-refractivity contribution >= 4 is 0 Å². The summed E-state index contributed by atoms with van der Waals surface area (Å²) in [5, 5.41) is 3.53. The molecule has 0 radical (unpaired) electrons. The molecule has 2 rings (SSSR count). The first kappa shape index (κ1) is 14.5. The highest BCUT2D eigenvalue weighted by atomic mass is 19.1. The third-order valence-corrected chi connectivity index (χ3v) is 3.94. The number of halogens is 1. The van der Waals surface area contributed by atoms with E-state index in [1.54, 1.807) is 6.07 Å². The molecule has 1 aromatic carbocycles. The molecule has 0 amide bonds. The smallest absolute Gasteiger partial charge is 0.127 e. The maximum absolute atomic E-state index is 13.6. The van der Waals surface area contributed by atoms with Crippen LogP contribution in [0.15, 0.2) is 24.3 Å². The summed E-state index contributed by atoms with van der Waals surface area (Å²) >= 11 is 0. The van der Waals surface area contributed by atoms with Crippen molar-refractivity contribution in [2.24, 2.45) is 0 Å². The van der Waals surface area contributed by atoms with E-state index >= 15 is 0 Å². The van der Waals surface area contributed by atoms with Crippen molar-refractivity contribution in [2.75, 3.05) is 13.6 Å². The largest absolute Gasteiger partial charge is 0.314 e. The van der Waals surface area contributed by atoms with Gasteiger partial charge in [0.05, 0.1) is 0 Å². The van der Waals surface area contributed by atoms with Gasteiger partial charge in [0.15, 0.2) is 0 Å². The average molecular weight is 264 g/mol. The molecule has 1 N–H and O–H groups in total. The molecule has 0 spiro atoms. The minimum atomic E-state index is -0.100. The second-order valence-corrected chi connectivity index (χ2v) is 5.73. The Labute approximate surface area is 116 Å². The van der Waals surface area contributed by atoms with Crippen LogP contribution in [0, 0.1) is 5.82 Å². The first-order valence-electron chi connectivity index (χ1n) is 7.34. The van der Waals surface area contributed by atoms with E-state index in [1.807, 2.05) is 12.1 Å². The van der Waals surface area contributed by atoms with Crippen LogP contribution in [0.5, 0.6) is 0 Å². The first-order valence-corrected chi connectivity index (χ1v) is 7.34. The summed E-state index contributed by atoms with van der Waals surface area (Å²) in [6.45, 7) is 4.02. The Bertz CT molecular complexity index is 390. The molecule has 106 valence electrons. The van der Waals surface area contributed by atoms with Crippen LogP contribution in [0.4, 0.5) is 4.39 Å². The highest BCUT2D eigenvalue weighted by Gasteiger charge is 2.19. The summed E-state index contributed by atoms with van der Waals surface area (Å²) in [6, 6.07) is 8.33. The van der Waals surface area contributed by atoms with Gasteiger partial charge >= 0.3 is 0 Å². The molecular formula is C16H25FN2. The van der Waals surface area contributed by atoms with Crippen LogP contribution < -0.4 is 5.32 Å². The molecule has 1 atom stereocenters. The lowest BCUT2D eigenvalue weighted by atomic mass is 10.1. The van der Waals surface area contributed by atoms with Gasteiger partial charge in [-0.3, -0.25) is 4.90 Å². The molecule has 3 heteroatoms. The Morgan fingerprint density at radius 2 is 2.11 bits per heavy atom. The van der Waals surface area contributed by atoms with E-state index in [2.05, 4.69) is 24.2 Å². The molecule has 0 aliphatic heterocycles. The molecule has 19 heavy (non-hydrogen) atoms. The van der Waals surface area contributed by atoms with Crippen LogP contribution in [0.2, 0.25) is 0 Å². The van der Waals surface area contributed by atoms with E-state index in [4.69, 9.17) is 0 Å². The van der Waals surface area contributed by atoms with Gasteiger partial charge in [0.2, 0.25) is 0 Å². The number of rotatable bonds is 8. The highest BCUT2D eigenvalue weighted by Crippen LogP contribution is 2.18. The molecule has 1 aromatic rings. The number of nitrogens with one attached hydrogen (secondary N) is 1. The van der Waals surface area contributed by atoms with E-state index in [-0.39, 0.29) is 5.82 Å². The van der Waals surface area contributed by atoms with Crippen molar-refractivity contribution in [3.8, 4) is 0 Å². The van der Waals surface area contributed by atoms with Crippen molar-refractivity contribution < 1.29 is 4.39 Å². The van der Waals surface area contributed by atoms with Crippen LogP contribution >= 0.6 is 0 Å². The van der Waals surface area contributed by atoms with Crippen LogP contribution in [-0.4, -0.2) is 30.6 Å². The molecule has 1 fully saturated rings. The third kappa shape index (κ3) is 4.92. The van der Waals surface area contributed by atoms with Crippen molar-refractivity contribution in [1.29, 1.82) is 0 Å². The molecule has 0 aromatic heterocycles. The predicted octanol–water partition coefficient (Wildman–Crippen LogP) is 3.18. The molecule has 1 saturated carbocycles. The molecule has 0 bridgehead atoms. The number of hydrogen-bond acceptors (Lipinski definition) is 2. The number of benzene rings is 1. The van der Waals surface area contributed by atoms with Gasteiger partial charge < -0.3 is 5.32 Å². The lowest BCUT2D eigenvalue weighted by Crippen LogP contribution is -2.30. The van der Waals surface area contributed by atoms with Gasteiger partial charge in [0.25, 0.3) is 0 Å². The zero-order chi connectivity index (χ0) is 13.7. The summed E-state index contributed by atoms with van der Waals surface area (Å²) in [6.07, 6.45) is 5.05. The Morgan fingerprint density at radius 1 is 1.37 bits per heavy atom. The summed E-state index contributed by atoms with van der Waals surface area (Å²) in [7, 11) is 2.07. The molecule has 0 saturated heterocycles. The highest BCUT2D eigenvalue weighted by molar-refractivity contribution is 5.17. The zero-order valence-electron chi connectivity index (χ0n) is 12.0. The Hall–Kier alpha value is -0.930. The predicted molar refractivity (Wildman–Crippen MR) is 77.6 cm³/mol. The number of hydrogen-bond donors (Lipinski definition) is 1. The average Bonchev–Trinajstić information content (AvgIpc) is 3.21.